The molecule has 0 spiro atoms. The number of carbonyl (C=O) groups is 1. The van der Waals surface area contributed by atoms with Crippen molar-refractivity contribution >= 4 is 21.6 Å². The molecule has 0 aromatic heterocycles. The lowest BCUT2D eigenvalue weighted by Gasteiger charge is -2.20. The van der Waals surface area contributed by atoms with Crippen LogP contribution >= 0.6 is 0 Å². The van der Waals surface area contributed by atoms with Crippen LogP contribution in [0.25, 0.3) is 0 Å². The molecule has 6 heteroatoms. The normalized spacial score (nSPS) is 19.2. The molecule has 0 aliphatic carbocycles. The van der Waals surface area contributed by atoms with Gasteiger partial charge in [0, 0.05) is 18.7 Å². The Morgan fingerprint density at radius 3 is 2.65 bits per heavy atom. The molecule has 0 saturated carbocycles. The fourth-order valence-electron chi connectivity index (χ4n) is 2.26. The smallest absolute Gasteiger partial charge is 0.238 e. The minimum Gasteiger partial charge on any atom is -0.309 e. The van der Waals surface area contributed by atoms with Gasteiger partial charge in [-0.3, -0.25) is 4.79 Å². The summed E-state index contributed by atoms with van der Waals surface area (Å²) in [5.74, 6) is -0.0420. The molecule has 0 bridgehead atoms. The van der Waals surface area contributed by atoms with Gasteiger partial charge < -0.3 is 4.90 Å². The highest BCUT2D eigenvalue weighted by Gasteiger charge is 2.29. The molecule has 1 aromatic rings. The zero-order valence-electron chi connectivity index (χ0n) is 9.67. The molecule has 1 atom stereocenters. The fraction of sp³-hybridized carbons (Fsp3) is 0.364. The molecule has 5 nitrogen and oxygen atoms in total. The van der Waals surface area contributed by atoms with Crippen LogP contribution in [0.2, 0.25) is 0 Å². The maximum absolute atomic E-state index is 11.5. The number of amides is 1. The van der Waals surface area contributed by atoms with Crippen LogP contribution in [0.15, 0.2) is 23.1 Å². The summed E-state index contributed by atoms with van der Waals surface area (Å²) >= 11 is 0. The second-order valence-corrected chi connectivity index (χ2v) is 5.84. The van der Waals surface area contributed by atoms with Gasteiger partial charge in [0.1, 0.15) is 0 Å². The monoisotopic (exact) mass is 254 g/mol. The lowest BCUT2D eigenvalue weighted by Crippen LogP contribution is -2.33. The van der Waals surface area contributed by atoms with E-state index >= 15 is 0 Å². The third-order valence-corrected chi connectivity index (χ3v) is 3.85. The number of fused-ring (bicyclic) bond motifs is 1. The van der Waals surface area contributed by atoms with Crippen molar-refractivity contribution in [1.29, 1.82) is 0 Å². The van der Waals surface area contributed by atoms with Crippen LogP contribution in [0, 0.1) is 0 Å². The number of anilines is 1. The van der Waals surface area contributed by atoms with Crippen molar-refractivity contribution in [1.82, 2.24) is 0 Å². The Morgan fingerprint density at radius 2 is 2.12 bits per heavy atom. The van der Waals surface area contributed by atoms with Crippen LogP contribution in [0.4, 0.5) is 5.69 Å². The van der Waals surface area contributed by atoms with Gasteiger partial charge in [0.05, 0.1) is 4.90 Å². The number of nitrogens with zero attached hydrogens (tertiary/aromatic N) is 1. The summed E-state index contributed by atoms with van der Waals surface area (Å²) in [6.07, 6.45) is 0.651. The maximum Gasteiger partial charge on any atom is 0.238 e. The van der Waals surface area contributed by atoms with Crippen molar-refractivity contribution < 1.29 is 13.2 Å². The quantitative estimate of drug-likeness (QED) is 0.798. The Hall–Kier alpha value is -1.40. The van der Waals surface area contributed by atoms with E-state index in [-0.39, 0.29) is 16.8 Å². The van der Waals surface area contributed by atoms with Crippen LogP contribution in [-0.4, -0.2) is 20.4 Å². The zero-order valence-corrected chi connectivity index (χ0v) is 10.5. The topological polar surface area (TPSA) is 80.5 Å². The number of nitrogens with two attached hydrogens (primary N) is 1. The highest BCUT2D eigenvalue weighted by molar-refractivity contribution is 7.89. The molecule has 1 amide bonds. The Morgan fingerprint density at radius 1 is 1.47 bits per heavy atom. The molecule has 1 aliphatic heterocycles. The van der Waals surface area contributed by atoms with E-state index in [9.17, 15) is 13.2 Å². The number of hydrogen-bond acceptors (Lipinski definition) is 3. The first-order chi connectivity index (χ1) is 7.80. The summed E-state index contributed by atoms with van der Waals surface area (Å²) < 4.78 is 22.5. The molecule has 1 aliphatic rings. The van der Waals surface area contributed by atoms with E-state index in [1.807, 2.05) is 6.92 Å². The minimum absolute atomic E-state index is 0.0420. The summed E-state index contributed by atoms with van der Waals surface area (Å²) in [6, 6.07) is 4.67. The molecule has 0 unspecified atom stereocenters. The van der Waals surface area contributed by atoms with Crippen LogP contribution in [-0.2, 0) is 21.2 Å². The first-order valence-corrected chi connectivity index (χ1v) is 6.81. The van der Waals surface area contributed by atoms with E-state index in [1.165, 1.54) is 13.0 Å². The third-order valence-electron chi connectivity index (χ3n) is 2.93. The minimum atomic E-state index is -3.68. The average molecular weight is 254 g/mol. The molecular formula is C11H14N2O3S. The largest absolute Gasteiger partial charge is 0.309 e. The lowest BCUT2D eigenvalue weighted by atomic mass is 10.1. The van der Waals surface area contributed by atoms with E-state index in [0.29, 0.717) is 6.42 Å². The first kappa shape index (κ1) is 12.1. The molecule has 1 heterocycles. The average Bonchev–Trinajstić information content (AvgIpc) is 2.50. The summed E-state index contributed by atoms with van der Waals surface area (Å²) in [5.41, 5.74) is 1.62. The third kappa shape index (κ3) is 2.05. The van der Waals surface area contributed by atoms with Gasteiger partial charge >= 0.3 is 0 Å². The van der Waals surface area contributed by atoms with Crippen molar-refractivity contribution in [3.63, 3.8) is 0 Å². The van der Waals surface area contributed by atoms with Crippen molar-refractivity contribution in [2.75, 3.05) is 4.90 Å². The molecule has 0 radical (unpaired) electrons. The summed E-state index contributed by atoms with van der Waals surface area (Å²) in [7, 11) is -3.68. The van der Waals surface area contributed by atoms with Gasteiger partial charge in [-0.25, -0.2) is 13.6 Å². The molecule has 17 heavy (non-hydrogen) atoms. The summed E-state index contributed by atoms with van der Waals surface area (Å²) in [4.78, 5) is 13.2. The van der Waals surface area contributed by atoms with E-state index in [1.54, 1.807) is 17.0 Å². The lowest BCUT2D eigenvalue weighted by molar-refractivity contribution is -0.116. The fourth-order valence-corrected chi connectivity index (χ4v) is 2.83. The number of primary sulfonamides is 1. The summed E-state index contributed by atoms with van der Waals surface area (Å²) in [6.45, 7) is 3.43. The van der Waals surface area contributed by atoms with E-state index in [2.05, 4.69) is 0 Å². The van der Waals surface area contributed by atoms with Gasteiger partial charge in [-0.1, -0.05) is 0 Å². The Balaban J connectivity index is 2.52. The molecular weight excluding hydrogens is 240 g/mol. The number of hydrogen-bond donors (Lipinski definition) is 1. The Labute approximate surface area is 100 Å². The van der Waals surface area contributed by atoms with Crippen LogP contribution < -0.4 is 10.0 Å². The maximum atomic E-state index is 11.5. The number of rotatable bonds is 1. The van der Waals surface area contributed by atoms with Crippen molar-refractivity contribution in [2.24, 2.45) is 5.14 Å². The number of sulfonamides is 1. The molecule has 92 valence electrons. The van der Waals surface area contributed by atoms with Crippen LogP contribution in [0.3, 0.4) is 0 Å². The van der Waals surface area contributed by atoms with E-state index < -0.39 is 10.0 Å². The zero-order chi connectivity index (χ0) is 12.8. The SMILES string of the molecule is CC(=O)N1c2ccc(S(N)(=O)=O)cc2C[C@H]1C. The van der Waals surface area contributed by atoms with Crippen LogP contribution in [0.1, 0.15) is 19.4 Å². The Bertz CT molecular complexity index is 580. The van der Waals surface area contributed by atoms with Crippen LogP contribution in [0.5, 0.6) is 0 Å². The first-order valence-electron chi connectivity index (χ1n) is 5.26. The van der Waals surface area contributed by atoms with Crippen molar-refractivity contribution in [3.8, 4) is 0 Å². The highest BCUT2D eigenvalue weighted by Crippen LogP contribution is 2.33. The standard InChI is InChI=1S/C11H14N2O3S/c1-7-5-9-6-10(17(12,15)16)3-4-11(9)13(7)8(2)14/h3-4,6-7H,5H2,1-2H3,(H2,12,15,16)/t7-/m1/s1. The predicted molar refractivity (Wildman–Crippen MR) is 64.1 cm³/mol. The van der Waals surface area contributed by atoms with Crippen molar-refractivity contribution in [2.45, 2.75) is 31.2 Å². The van der Waals surface area contributed by atoms with Gasteiger partial charge in [0.25, 0.3) is 0 Å². The molecule has 2 rings (SSSR count). The summed E-state index contributed by atoms with van der Waals surface area (Å²) in [5, 5.41) is 5.07. The van der Waals surface area contributed by atoms with E-state index in [0.717, 1.165) is 11.3 Å². The van der Waals surface area contributed by atoms with Gasteiger partial charge in [-0.05, 0) is 37.1 Å². The molecule has 0 saturated heterocycles. The molecule has 0 fully saturated rings. The number of carbonyl (C=O) groups excluding carboxylic acids is 1. The second kappa shape index (κ2) is 3.82. The second-order valence-electron chi connectivity index (χ2n) is 4.28. The molecule has 1 aromatic carbocycles. The Kier molecular flexibility index (Phi) is 2.71. The highest BCUT2D eigenvalue weighted by atomic mass is 32.2. The van der Waals surface area contributed by atoms with Crippen molar-refractivity contribution in [3.05, 3.63) is 23.8 Å². The molecule has 2 N–H and O–H groups in total. The predicted octanol–water partition coefficient (Wildman–Crippen LogP) is 0.632. The van der Waals surface area contributed by atoms with E-state index in [4.69, 9.17) is 5.14 Å². The van der Waals surface area contributed by atoms with Gasteiger partial charge in [0.2, 0.25) is 15.9 Å². The number of benzene rings is 1. The van der Waals surface area contributed by atoms with Gasteiger partial charge in [-0.15, -0.1) is 0 Å². The van der Waals surface area contributed by atoms with Gasteiger partial charge in [-0.2, -0.15) is 0 Å². The van der Waals surface area contributed by atoms with Gasteiger partial charge in [0.15, 0.2) is 0 Å².